The van der Waals surface area contributed by atoms with Gasteiger partial charge in [-0.2, -0.15) is 0 Å². The highest BCUT2D eigenvalue weighted by atomic mass is 32.1. The standard InChI is InChI=1S/C14H29N3O2S/c1-3-13(14(15)20)17-7-5-16(6-8-17)9-12-19-11-4-10-18-2/h13H,3-12H2,1-2H3,(H2,15,20). The Kier molecular flexibility index (Phi) is 9.30. The van der Waals surface area contributed by atoms with Gasteiger partial charge in [-0.15, -0.1) is 0 Å². The molecule has 0 radical (unpaired) electrons. The molecule has 0 aromatic carbocycles. The van der Waals surface area contributed by atoms with Crippen LogP contribution in [0.1, 0.15) is 19.8 Å². The Balaban J connectivity index is 2.11. The number of rotatable bonds is 10. The zero-order valence-corrected chi connectivity index (χ0v) is 13.7. The number of hydrogen-bond acceptors (Lipinski definition) is 5. The molecule has 0 aromatic heterocycles. The predicted molar refractivity (Wildman–Crippen MR) is 86.2 cm³/mol. The summed E-state index contributed by atoms with van der Waals surface area (Å²) in [6, 6.07) is 0.262. The molecule has 1 unspecified atom stereocenters. The molecule has 0 bridgehead atoms. The fourth-order valence-corrected chi connectivity index (χ4v) is 2.85. The van der Waals surface area contributed by atoms with Gasteiger partial charge >= 0.3 is 0 Å². The van der Waals surface area contributed by atoms with Crippen LogP contribution in [-0.2, 0) is 9.47 Å². The molecule has 1 atom stereocenters. The van der Waals surface area contributed by atoms with Gasteiger partial charge in [0.15, 0.2) is 0 Å². The molecule has 1 aliphatic rings. The third-order valence-electron chi connectivity index (χ3n) is 3.75. The zero-order valence-electron chi connectivity index (χ0n) is 12.8. The number of nitrogens with two attached hydrogens (primary N) is 1. The van der Waals surface area contributed by atoms with Crippen molar-refractivity contribution in [3.63, 3.8) is 0 Å². The second kappa shape index (κ2) is 10.5. The third-order valence-corrected chi connectivity index (χ3v) is 4.02. The molecule has 0 spiro atoms. The van der Waals surface area contributed by atoms with E-state index in [1.165, 1.54) is 0 Å². The maximum atomic E-state index is 5.80. The molecular formula is C14H29N3O2S. The molecule has 1 aliphatic heterocycles. The summed E-state index contributed by atoms with van der Waals surface area (Å²) in [6.07, 6.45) is 1.97. The lowest BCUT2D eigenvalue weighted by atomic mass is 10.1. The maximum absolute atomic E-state index is 5.80. The lowest BCUT2D eigenvalue weighted by Gasteiger charge is -2.38. The highest BCUT2D eigenvalue weighted by molar-refractivity contribution is 7.80. The summed E-state index contributed by atoms with van der Waals surface area (Å²) in [6.45, 7) is 9.73. The first-order valence-corrected chi connectivity index (χ1v) is 7.92. The SMILES string of the molecule is CCC(C(N)=S)N1CCN(CCOCCCOC)CC1. The fourth-order valence-electron chi connectivity index (χ4n) is 2.54. The molecule has 1 fully saturated rings. The van der Waals surface area contributed by atoms with Crippen LogP contribution in [0, 0.1) is 0 Å². The summed E-state index contributed by atoms with van der Waals surface area (Å²) in [5.74, 6) is 0. The normalized spacial score (nSPS) is 19.1. The highest BCUT2D eigenvalue weighted by Gasteiger charge is 2.23. The van der Waals surface area contributed by atoms with Crippen LogP contribution in [0.3, 0.4) is 0 Å². The van der Waals surface area contributed by atoms with Gasteiger partial charge in [-0.1, -0.05) is 19.1 Å². The van der Waals surface area contributed by atoms with E-state index in [-0.39, 0.29) is 6.04 Å². The number of thiocarbonyl (C=S) groups is 1. The highest BCUT2D eigenvalue weighted by Crippen LogP contribution is 2.09. The number of hydrogen-bond donors (Lipinski definition) is 1. The number of ether oxygens (including phenoxy) is 2. The van der Waals surface area contributed by atoms with Crippen molar-refractivity contribution < 1.29 is 9.47 Å². The number of piperazine rings is 1. The number of nitrogens with zero attached hydrogens (tertiary/aromatic N) is 2. The topological polar surface area (TPSA) is 51.0 Å². The molecular weight excluding hydrogens is 274 g/mol. The van der Waals surface area contributed by atoms with Crippen LogP contribution in [-0.4, -0.2) is 80.5 Å². The summed E-state index contributed by atoms with van der Waals surface area (Å²) in [4.78, 5) is 5.47. The average Bonchev–Trinajstić information content (AvgIpc) is 2.44. The minimum Gasteiger partial charge on any atom is -0.392 e. The van der Waals surface area contributed by atoms with E-state index in [1.54, 1.807) is 7.11 Å². The van der Waals surface area contributed by atoms with Gasteiger partial charge in [-0.25, -0.2) is 0 Å². The van der Waals surface area contributed by atoms with Gasteiger partial charge in [0.2, 0.25) is 0 Å². The van der Waals surface area contributed by atoms with E-state index in [1.807, 2.05) is 0 Å². The Labute approximate surface area is 128 Å². The minimum absolute atomic E-state index is 0.262. The Morgan fingerprint density at radius 2 is 1.90 bits per heavy atom. The molecule has 1 heterocycles. The van der Waals surface area contributed by atoms with Gasteiger partial charge in [0.1, 0.15) is 0 Å². The van der Waals surface area contributed by atoms with E-state index < -0.39 is 0 Å². The van der Waals surface area contributed by atoms with E-state index in [0.29, 0.717) is 4.99 Å². The third kappa shape index (κ3) is 6.45. The summed E-state index contributed by atoms with van der Waals surface area (Å²) in [5.41, 5.74) is 5.80. The quantitative estimate of drug-likeness (QED) is 0.474. The minimum atomic E-state index is 0.262. The largest absolute Gasteiger partial charge is 0.392 e. The number of methoxy groups -OCH3 is 1. The van der Waals surface area contributed by atoms with Crippen molar-refractivity contribution in [1.82, 2.24) is 9.80 Å². The van der Waals surface area contributed by atoms with Crippen LogP contribution in [0.15, 0.2) is 0 Å². The second-order valence-electron chi connectivity index (χ2n) is 5.16. The molecule has 1 saturated heterocycles. The monoisotopic (exact) mass is 303 g/mol. The van der Waals surface area contributed by atoms with Crippen molar-refractivity contribution in [2.45, 2.75) is 25.8 Å². The molecule has 1 rings (SSSR count). The van der Waals surface area contributed by atoms with Gasteiger partial charge in [0.05, 0.1) is 17.6 Å². The Hall–Kier alpha value is -0.270. The lowest BCUT2D eigenvalue weighted by molar-refractivity contribution is 0.0610. The average molecular weight is 303 g/mol. The Morgan fingerprint density at radius 1 is 1.20 bits per heavy atom. The van der Waals surface area contributed by atoms with Crippen molar-refractivity contribution >= 4 is 17.2 Å². The molecule has 6 heteroatoms. The smallest absolute Gasteiger partial charge is 0.0901 e. The van der Waals surface area contributed by atoms with Gasteiger partial charge < -0.3 is 15.2 Å². The zero-order chi connectivity index (χ0) is 14.8. The summed E-state index contributed by atoms with van der Waals surface area (Å²) < 4.78 is 10.6. The first-order chi connectivity index (χ1) is 9.69. The van der Waals surface area contributed by atoms with Crippen molar-refractivity contribution in [1.29, 1.82) is 0 Å². The van der Waals surface area contributed by atoms with Gasteiger partial charge in [-0.3, -0.25) is 9.80 Å². The summed E-state index contributed by atoms with van der Waals surface area (Å²) in [7, 11) is 1.72. The molecule has 20 heavy (non-hydrogen) atoms. The van der Waals surface area contributed by atoms with E-state index >= 15 is 0 Å². The summed E-state index contributed by atoms with van der Waals surface area (Å²) >= 11 is 5.14. The van der Waals surface area contributed by atoms with Crippen LogP contribution in [0.25, 0.3) is 0 Å². The van der Waals surface area contributed by atoms with Crippen molar-refractivity contribution in [2.24, 2.45) is 5.73 Å². The van der Waals surface area contributed by atoms with Crippen LogP contribution in [0.4, 0.5) is 0 Å². The van der Waals surface area contributed by atoms with Gasteiger partial charge in [0.25, 0.3) is 0 Å². The van der Waals surface area contributed by atoms with Crippen LogP contribution >= 0.6 is 12.2 Å². The van der Waals surface area contributed by atoms with Crippen LogP contribution in [0.5, 0.6) is 0 Å². The van der Waals surface area contributed by atoms with E-state index in [0.717, 1.165) is 65.4 Å². The van der Waals surface area contributed by atoms with Crippen LogP contribution < -0.4 is 5.73 Å². The van der Waals surface area contributed by atoms with Gasteiger partial charge in [-0.05, 0) is 12.8 Å². The lowest BCUT2D eigenvalue weighted by Crippen LogP contribution is -2.53. The van der Waals surface area contributed by atoms with Crippen molar-refractivity contribution in [3.05, 3.63) is 0 Å². The Bertz CT molecular complexity index is 271. The first kappa shape index (κ1) is 17.8. The van der Waals surface area contributed by atoms with E-state index in [2.05, 4.69) is 16.7 Å². The van der Waals surface area contributed by atoms with Gasteiger partial charge in [0, 0.05) is 53.0 Å². The van der Waals surface area contributed by atoms with E-state index in [9.17, 15) is 0 Å². The molecule has 2 N–H and O–H groups in total. The second-order valence-corrected chi connectivity index (χ2v) is 5.63. The van der Waals surface area contributed by atoms with Crippen LogP contribution in [0.2, 0.25) is 0 Å². The van der Waals surface area contributed by atoms with Crippen molar-refractivity contribution in [2.75, 3.05) is 59.7 Å². The van der Waals surface area contributed by atoms with E-state index in [4.69, 9.17) is 27.4 Å². The molecule has 0 aromatic rings. The molecule has 0 aliphatic carbocycles. The predicted octanol–water partition coefficient (Wildman–Crippen LogP) is 0.722. The fraction of sp³-hybridized carbons (Fsp3) is 0.929. The molecule has 0 amide bonds. The molecule has 0 saturated carbocycles. The molecule has 5 nitrogen and oxygen atoms in total. The first-order valence-electron chi connectivity index (χ1n) is 7.51. The Morgan fingerprint density at radius 3 is 2.45 bits per heavy atom. The maximum Gasteiger partial charge on any atom is 0.0901 e. The molecule has 118 valence electrons. The van der Waals surface area contributed by atoms with Crippen molar-refractivity contribution in [3.8, 4) is 0 Å². The summed E-state index contributed by atoms with van der Waals surface area (Å²) in [5, 5.41) is 0.